The van der Waals surface area contributed by atoms with Crippen molar-refractivity contribution in [1.29, 1.82) is 5.26 Å². The standard InChI is InChI=1S/C27H20F4N2O4S2/c28-18-10-8-17(9-11-18)22-19(13-32)25(39-15-21(34)37-14-16-5-2-1-3-6-16)33-26(36,27(29,30)31)23(22)24(35)20-7-4-12-38-20/h1-12,22-23,33,36H,14-15H2. The number of carbonyl (C=O) groups excluding carboxylic acids is 2. The number of nitriles is 1. The van der Waals surface area contributed by atoms with Crippen LogP contribution in [0, 0.1) is 23.1 Å². The summed E-state index contributed by atoms with van der Waals surface area (Å²) in [7, 11) is 0. The van der Waals surface area contributed by atoms with Crippen LogP contribution < -0.4 is 5.32 Å². The van der Waals surface area contributed by atoms with Crippen LogP contribution in [-0.2, 0) is 16.1 Å². The monoisotopic (exact) mass is 576 g/mol. The molecule has 6 nitrogen and oxygen atoms in total. The van der Waals surface area contributed by atoms with E-state index in [2.05, 4.69) is 0 Å². The predicted molar refractivity (Wildman–Crippen MR) is 137 cm³/mol. The van der Waals surface area contributed by atoms with Crippen LogP contribution in [0.2, 0.25) is 0 Å². The van der Waals surface area contributed by atoms with E-state index in [-0.39, 0.29) is 22.6 Å². The number of ketones is 1. The van der Waals surface area contributed by atoms with E-state index >= 15 is 0 Å². The van der Waals surface area contributed by atoms with E-state index in [0.717, 1.165) is 35.6 Å². The molecule has 2 heterocycles. The summed E-state index contributed by atoms with van der Waals surface area (Å²) in [5, 5.41) is 24.2. The van der Waals surface area contributed by atoms with Crippen molar-refractivity contribution in [2.45, 2.75) is 24.4 Å². The molecule has 0 bridgehead atoms. The number of thioether (sulfide) groups is 1. The number of benzene rings is 2. The number of halogens is 4. The van der Waals surface area contributed by atoms with Crippen LogP contribution >= 0.6 is 23.1 Å². The van der Waals surface area contributed by atoms with E-state index < -0.39 is 52.1 Å². The van der Waals surface area contributed by atoms with E-state index in [1.165, 1.54) is 17.5 Å². The zero-order chi connectivity index (χ0) is 28.2. The van der Waals surface area contributed by atoms with Gasteiger partial charge in [0.05, 0.1) is 33.2 Å². The predicted octanol–water partition coefficient (Wildman–Crippen LogP) is 5.54. The van der Waals surface area contributed by atoms with Gasteiger partial charge in [0.15, 0.2) is 5.78 Å². The Labute approximate surface area is 228 Å². The van der Waals surface area contributed by atoms with Crippen molar-refractivity contribution < 1.29 is 37.0 Å². The molecule has 2 aromatic carbocycles. The number of aliphatic hydroxyl groups is 1. The molecule has 0 amide bonds. The summed E-state index contributed by atoms with van der Waals surface area (Å²) in [5.41, 5.74) is -3.42. The molecular weight excluding hydrogens is 556 g/mol. The third kappa shape index (κ3) is 6.00. The van der Waals surface area contributed by atoms with Gasteiger partial charge in [-0.1, -0.05) is 60.3 Å². The van der Waals surface area contributed by atoms with Crippen molar-refractivity contribution in [2.75, 3.05) is 5.75 Å². The average Bonchev–Trinajstić information content (AvgIpc) is 3.46. The normalized spacial score (nSPS) is 21.1. The first-order chi connectivity index (χ1) is 18.5. The molecule has 0 aliphatic carbocycles. The fraction of sp³-hybridized carbons (Fsp3) is 0.222. The summed E-state index contributed by atoms with van der Waals surface area (Å²) in [5.74, 6) is -6.84. The molecule has 1 aliphatic heterocycles. The summed E-state index contributed by atoms with van der Waals surface area (Å²) in [6, 6.07) is 17.6. The first-order valence-electron chi connectivity index (χ1n) is 11.4. The summed E-state index contributed by atoms with van der Waals surface area (Å²) in [6.45, 7) is -0.0695. The van der Waals surface area contributed by atoms with Gasteiger partial charge in [-0.15, -0.1) is 11.3 Å². The molecule has 12 heteroatoms. The average molecular weight is 577 g/mol. The van der Waals surface area contributed by atoms with Crippen LogP contribution in [0.15, 0.2) is 82.7 Å². The van der Waals surface area contributed by atoms with Gasteiger partial charge in [0.2, 0.25) is 5.72 Å². The van der Waals surface area contributed by atoms with E-state index in [1.807, 2.05) is 11.4 Å². The van der Waals surface area contributed by atoms with Gasteiger partial charge in [0.25, 0.3) is 0 Å². The highest BCUT2D eigenvalue weighted by Crippen LogP contribution is 2.51. The molecule has 3 unspecified atom stereocenters. The number of nitrogens with one attached hydrogen (secondary N) is 1. The zero-order valence-electron chi connectivity index (χ0n) is 19.9. The van der Waals surface area contributed by atoms with Gasteiger partial charge in [-0.3, -0.25) is 9.59 Å². The minimum atomic E-state index is -5.39. The van der Waals surface area contributed by atoms with Crippen LogP contribution in [0.25, 0.3) is 0 Å². The largest absolute Gasteiger partial charge is 0.460 e. The Hall–Kier alpha value is -3.66. The highest BCUT2D eigenvalue weighted by Gasteiger charge is 2.66. The van der Waals surface area contributed by atoms with Gasteiger partial charge in [-0.25, -0.2) is 4.39 Å². The smallest absolute Gasteiger partial charge is 0.437 e. The van der Waals surface area contributed by atoms with E-state index in [9.17, 15) is 37.5 Å². The number of nitrogens with zero attached hydrogens (tertiary/aromatic N) is 1. The van der Waals surface area contributed by atoms with Crippen LogP contribution in [0.5, 0.6) is 0 Å². The van der Waals surface area contributed by atoms with Crippen molar-refractivity contribution in [2.24, 2.45) is 5.92 Å². The Balaban J connectivity index is 1.74. The number of allylic oxidation sites excluding steroid dienone is 1. The zero-order valence-corrected chi connectivity index (χ0v) is 21.6. The summed E-state index contributed by atoms with van der Waals surface area (Å²) in [4.78, 5) is 25.8. The first-order valence-corrected chi connectivity index (χ1v) is 13.3. The topological polar surface area (TPSA) is 99.4 Å². The number of carbonyl (C=O) groups is 2. The number of hydrogen-bond acceptors (Lipinski definition) is 8. The van der Waals surface area contributed by atoms with Gasteiger partial charge in [-0.2, -0.15) is 18.4 Å². The van der Waals surface area contributed by atoms with Crippen molar-refractivity contribution >= 4 is 34.9 Å². The second-order valence-electron chi connectivity index (χ2n) is 8.53. The maximum Gasteiger partial charge on any atom is 0.437 e. The second kappa shape index (κ2) is 11.6. The van der Waals surface area contributed by atoms with Crippen molar-refractivity contribution in [3.8, 4) is 6.07 Å². The minimum absolute atomic E-state index is 0.0109. The van der Waals surface area contributed by atoms with E-state index in [1.54, 1.807) is 30.3 Å². The maximum atomic E-state index is 14.5. The number of alkyl halides is 3. The Kier molecular flexibility index (Phi) is 8.44. The van der Waals surface area contributed by atoms with Gasteiger partial charge >= 0.3 is 12.1 Å². The Morgan fingerprint density at radius 3 is 2.38 bits per heavy atom. The second-order valence-corrected chi connectivity index (χ2v) is 10.5. The van der Waals surface area contributed by atoms with Crippen molar-refractivity contribution in [1.82, 2.24) is 5.32 Å². The highest BCUT2D eigenvalue weighted by molar-refractivity contribution is 8.03. The lowest BCUT2D eigenvalue weighted by atomic mass is 9.70. The number of esters is 1. The molecule has 1 aromatic heterocycles. The molecule has 0 spiro atoms. The molecule has 0 fully saturated rings. The summed E-state index contributed by atoms with van der Waals surface area (Å²) in [6.07, 6.45) is -5.39. The first kappa shape index (κ1) is 28.4. The van der Waals surface area contributed by atoms with Gasteiger partial charge in [0.1, 0.15) is 12.4 Å². The van der Waals surface area contributed by atoms with Crippen molar-refractivity contribution in [3.63, 3.8) is 0 Å². The molecule has 3 atom stereocenters. The number of thiophene rings is 1. The Bertz CT molecular complexity index is 1400. The third-order valence-corrected chi connectivity index (χ3v) is 7.92. The third-order valence-electron chi connectivity index (χ3n) is 6.05. The molecule has 1 aliphatic rings. The fourth-order valence-corrected chi connectivity index (χ4v) is 5.81. The highest BCUT2D eigenvalue weighted by atomic mass is 32.2. The minimum Gasteiger partial charge on any atom is -0.460 e. The fourth-order valence-electron chi connectivity index (χ4n) is 4.20. The summed E-state index contributed by atoms with van der Waals surface area (Å²) < 4.78 is 62.4. The molecule has 0 saturated heterocycles. The lowest BCUT2D eigenvalue weighted by Gasteiger charge is -2.45. The lowest BCUT2D eigenvalue weighted by molar-refractivity contribution is -0.285. The van der Waals surface area contributed by atoms with E-state index in [0.29, 0.717) is 17.3 Å². The van der Waals surface area contributed by atoms with Gasteiger partial charge < -0.3 is 15.2 Å². The number of ether oxygens (including phenoxy) is 1. The molecule has 39 heavy (non-hydrogen) atoms. The van der Waals surface area contributed by atoms with Gasteiger partial charge in [0, 0.05) is 5.92 Å². The number of rotatable bonds is 8. The molecule has 0 saturated carbocycles. The molecule has 0 radical (unpaired) electrons. The van der Waals surface area contributed by atoms with E-state index in [4.69, 9.17) is 4.74 Å². The van der Waals surface area contributed by atoms with Crippen LogP contribution in [0.3, 0.4) is 0 Å². The van der Waals surface area contributed by atoms with Crippen LogP contribution in [0.1, 0.15) is 26.7 Å². The molecule has 2 N–H and O–H groups in total. The number of Topliss-reactive ketones (excluding diaryl/α,β-unsaturated/α-hetero) is 1. The number of hydrogen-bond donors (Lipinski definition) is 2. The van der Waals surface area contributed by atoms with Gasteiger partial charge in [-0.05, 0) is 34.7 Å². The Morgan fingerprint density at radius 2 is 1.79 bits per heavy atom. The lowest BCUT2D eigenvalue weighted by Crippen LogP contribution is -2.66. The quantitative estimate of drug-likeness (QED) is 0.207. The molecule has 4 rings (SSSR count). The summed E-state index contributed by atoms with van der Waals surface area (Å²) >= 11 is 1.42. The van der Waals surface area contributed by atoms with Crippen molar-refractivity contribution in [3.05, 3.63) is 105 Å². The van der Waals surface area contributed by atoms with Crippen LogP contribution in [-0.4, -0.2) is 34.5 Å². The molecule has 3 aromatic rings. The Morgan fingerprint density at radius 1 is 1.10 bits per heavy atom. The molecular formula is C27H20F4N2O4S2. The maximum absolute atomic E-state index is 14.5. The SMILES string of the molecule is N#CC1=C(SCC(=O)OCc2ccccc2)NC(O)(C(F)(F)F)C(C(=O)c2cccs2)C1c1ccc(F)cc1. The molecule has 202 valence electrons. The van der Waals surface area contributed by atoms with Crippen LogP contribution in [0.4, 0.5) is 17.6 Å².